The summed E-state index contributed by atoms with van der Waals surface area (Å²) in [4.78, 5) is 14.6. The number of non-ortho nitro benzene ring substituents is 1. The van der Waals surface area contributed by atoms with Crippen LogP contribution in [-0.4, -0.2) is 24.7 Å². The molecular weight excluding hydrogens is 330 g/mol. The van der Waals surface area contributed by atoms with Gasteiger partial charge in [0.05, 0.1) is 10.7 Å². The zero-order valence-electron chi connectivity index (χ0n) is 12.5. The SMILES string of the molecule is O=[N+]([O-])c1ccc(-c2nnc(CSc3nccn3C3CC3)o2)cc1. The summed E-state index contributed by atoms with van der Waals surface area (Å²) >= 11 is 1.56. The average Bonchev–Trinajstić information content (AvgIpc) is 3.14. The topological polar surface area (TPSA) is 99.9 Å². The maximum Gasteiger partial charge on any atom is 0.269 e. The normalized spacial score (nSPS) is 14.0. The molecule has 1 aromatic carbocycles. The van der Waals surface area contributed by atoms with Crippen LogP contribution in [0.2, 0.25) is 0 Å². The molecule has 3 aromatic rings. The van der Waals surface area contributed by atoms with E-state index in [1.165, 1.54) is 25.0 Å². The lowest BCUT2D eigenvalue weighted by Gasteiger charge is -2.03. The van der Waals surface area contributed by atoms with Crippen LogP contribution in [0.3, 0.4) is 0 Å². The standard InChI is InChI=1S/C15H13N5O3S/c21-20(22)12-3-1-10(2-4-12)14-18-17-13(23-14)9-24-15-16-7-8-19(15)11-5-6-11/h1-4,7-8,11H,5-6,9H2. The van der Waals surface area contributed by atoms with E-state index in [9.17, 15) is 10.1 Å². The van der Waals surface area contributed by atoms with Gasteiger partial charge in [0.2, 0.25) is 11.8 Å². The first-order chi connectivity index (χ1) is 11.7. The number of nitro groups is 1. The van der Waals surface area contributed by atoms with Crippen molar-refractivity contribution in [2.75, 3.05) is 0 Å². The fraction of sp³-hybridized carbons (Fsp3) is 0.267. The summed E-state index contributed by atoms with van der Waals surface area (Å²) in [5.74, 6) is 1.38. The largest absolute Gasteiger partial charge is 0.420 e. The van der Waals surface area contributed by atoms with Crippen molar-refractivity contribution in [3.8, 4) is 11.5 Å². The first kappa shape index (κ1) is 14.9. The third kappa shape index (κ3) is 3.02. The van der Waals surface area contributed by atoms with Crippen molar-refractivity contribution in [1.82, 2.24) is 19.7 Å². The van der Waals surface area contributed by atoms with Gasteiger partial charge in [0.1, 0.15) is 0 Å². The summed E-state index contributed by atoms with van der Waals surface area (Å²) in [5.41, 5.74) is 0.685. The van der Waals surface area contributed by atoms with Crippen molar-refractivity contribution in [3.63, 3.8) is 0 Å². The molecule has 0 N–H and O–H groups in total. The molecule has 1 saturated carbocycles. The zero-order chi connectivity index (χ0) is 16.5. The van der Waals surface area contributed by atoms with Crippen molar-refractivity contribution >= 4 is 17.4 Å². The van der Waals surface area contributed by atoms with E-state index in [0.29, 0.717) is 29.1 Å². The van der Waals surface area contributed by atoms with E-state index in [0.717, 1.165) is 5.16 Å². The van der Waals surface area contributed by atoms with Gasteiger partial charge in [-0.25, -0.2) is 4.98 Å². The van der Waals surface area contributed by atoms with E-state index in [-0.39, 0.29) is 5.69 Å². The molecule has 1 aliphatic rings. The summed E-state index contributed by atoms with van der Waals surface area (Å²) in [5, 5.41) is 19.7. The highest BCUT2D eigenvalue weighted by atomic mass is 32.2. The number of benzene rings is 1. The molecule has 122 valence electrons. The number of aromatic nitrogens is 4. The summed E-state index contributed by atoms with van der Waals surface area (Å²) < 4.78 is 7.81. The van der Waals surface area contributed by atoms with E-state index in [1.807, 2.05) is 6.20 Å². The minimum absolute atomic E-state index is 0.0287. The van der Waals surface area contributed by atoms with Crippen LogP contribution in [0, 0.1) is 10.1 Å². The molecule has 0 aliphatic heterocycles. The van der Waals surface area contributed by atoms with Gasteiger partial charge in [0.25, 0.3) is 5.69 Å². The van der Waals surface area contributed by atoms with Crippen LogP contribution in [-0.2, 0) is 5.75 Å². The molecule has 24 heavy (non-hydrogen) atoms. The third-order valence-corrected chi connectivity index (χ3v) is 4.66. The highest BCUT2D eigenvalue weighted by Gasteiger charge is 2.25. The van der Waals surface area contributed by atoms with Gasteiger partial charge in [0, 0.05) is 36.1 Å². The second-order valence-corrected chi connectivity index (χ2v) is 6.38. The highest BCUT2D eigenvalue weighted by molar-refractivity contribution is 7.98. The number of nitrogens with zero attached hydrogens (tertiary/aromatic N) is 5. The van der Waals surface area contributed by atoms with Crippen molar-refractivity contribution in [3.05, 3.63) is 52.7 Å². The summed E-state index contributed by atoms with van der Waals surface area (Å²) in [6, 6.07) is 6.61. The first-order valence-corrected chi connectivity index (χ1v) is 8.42. The van der Waals surface area contributed by atoms with Gasteiger partial charge in [-0.05, 0) is 25.0 Å². The minimum atomic E-state index is -0.443. The fourth-order valence-corrected chi connectivity index (χ4v) is 3.19. The number of imidazole rings is 1. The molecule has 4 rings (SSSR count). The van der Waals surface area contributed by atoms with Gasteiger partial charge in [-0.15, -0.1) is 10.2 Å². The van der Waals surface area contributed by atoms with E-state index in [4.69, 9.17) is 4.42 Å². The number of hydrogen-bond acceptors (Lipinski definition) is 7. The lowest BCUT2D eigenvalue weighted by Crippen LogP contribution is -1.94. The van der Waals surface area contributed by atoms with Crippen LogP contribution < -0.4 is 0 Å². The molecule has 8 nitrogen and oxygen atoms in total. The predicted octanol–water partition coefficient (Wildman–Crippen LogP) is 3.47. The molecule has 0 amide bonds. The molecule has 2 aromatic heterocycles. The Morgan fingerprint density at radius 1 is 1.29 bits per heavy atom. The number of hydrogen-bond donors (Lipinski definition) is 0. The summed E-state index contributed by atoms with van der Waals surface area (Å²) in [7, 11) is 0. The van der Waals surface area contributed by atoms with E-state index in [2.05, 4.69) is 19.7 Å². The van der Waals surface area contributed by atoms with Crippen LogP contribution in [0.4, 0.5) is 5.69 Å². The summed E-state index contributed by atoms with van der Waals surface area (Å²) in [6.45, 7) is 0. The molecule has 0 bridgehead atoms. The molecule has 0 radical (unpaired) electrons. The van der Waals surface area contributed by atoms with Gasteiger partial charge >= 0.3 is 0 Å². The Kier molecular flexibility index (Phi) is 3.77. The third-order valence-electron chi connectivity index (χ3n) is 3.69. The van der Waals surface area contributed by atoms with Gasteiger partial charge in [-0.2, -0.15) is 0 Å². The molecule has 0 spiro atoms. The Hall–Kier alpha value is -2.68. The Bertz CT molecular complexity index is 869. The van der Waals surface area contributed by atoms with Crippen LogP contribution >= 0.6 is 11.8 Å². The second-order valence-electron chi connectivity index (χ2n) is 5.44. The molecule has 2 heterocycles. The van der Waals surface area contributed by atoms with Crippen LogP contribution in [0.25, 0.3) is 11.5 Å². The molecular formula is C15H13N5O3S. The van der Waals surface area contributed by atoms with Crippen LogP contribution in [0.15, 0.2) is 46.2 Å². The maximum atomic E-state index is 10.7. The van der Waals surface area contributed by atoms with E-state index < -0.39 is 4.92 Å². The van der Waals surface area contributed by atoms with E-state index in [1.54, 1.807) is 30.1 Å². The number of rotatable bonds is 6. The predicted molar refractivity (Wildman–Crippen MR) is 86.4 cm³/mol. The Balaban J connectivity index is 1.44. The number of thioether (sulfide) groups is 1. The van der Waals surface area contributed by atoms with Gasteiger partial charge in [0.15, 0.2) is 5.16 Å². The van der Waals surface area contributed by atoms with Crippen LogP contribution in [0.1, 0.15) is 24.8 Å². The summed E-state index contributed by atoms with van der Waals surface area (Å²) in [6.07, 6.45) is 6.20. The lowest BCUT2D eigenvalue weighted by molar-refractivity contribution is -0.384. The number of nitro benzene ring substituents is 1. The monoisotopic (exact) mass is 343 g/mol. The van der Waals surface area contributed by atoms with Crippen LogP contribution in [0.5, 0.6) is 0 Å². The smallest absolute Gasteiger partial charge is 0.269 e. The molecule has 1 aliphatic carbocycles. The first-order valence-electron chi connectivity index (χ1n) is 7.43. The zero-order valence-corrected chi connectivity index (χ0v) is 13.3. The maximum absolute atomic E-state index is 10.7. The highest BCUT2D eigenvalue weighted by Crippen LogP contribution is 2.38. The molecule has 0 saturated heterocycles. The Morgan fingerprint density at radius 2 is 2.08 bits per heavy atom. The quantitative estimate of drug-likeness (QED) is 0.384. The minimum Gasteiger partial charge on any atom is -0.420 e. The van der Waals surface area contributed by atoms with E-state index >= 15 is 0 Å². The Morgan fingerprint density at radius 3 is 2.79 bits per heavy atom. The Labute approximate surface area is 141 Å². The molecule has 0 unspecified atom stereocenters. The van der Waals surface area contributed by atoms with Crippen molar-refractivity contribution in [2.45, 2.75) is 29.8 Å². The lowest BCUT2D eigenvalue weighted by atomic mass is 10.2. The van der Waals surface area contributed by atoms with Crippen molar-refractivity contribution in [1.29, 1.82) is 0 Å². The molecule has 0 atom stereocenters. The van der Waals surface area contributed by atoms with Gasteiger partial charge in [-0.1, -0.05) is 11.8 Å². The van der Waals surface area contributed by atoms with Gasteiger partial charge in [-0.3, -0.25) is 10.1 Å². The van der Waals surface area contributed by atoms with Crippen molar-refractivity contribution in [2.24, 2.45) is 0 Å². The van der Waals surface area contributed by atoms with Gasteiger partial charge < -0.3 is 8.98 Å². The molecule has 1 fully saturated rings. The average molecular weight is 343 g/mol. The van der Waals surface area contributed by atoms with Crippen molar-refractivity contribution < 1.29 is 9.34 Å². The molecule has 9 heteroatoms. The second kappa shape index (κ2) is 6.08. The fourth-order valence-electron chi connectivity index (χ4n) is 2.32.